The quantitative estimate of drug-likeness (QED) is 0.817. The average molecular weight is 289 g/mol. The zero-order valence-electron chi connectivity index (χ0n) is 12.0. The molecule has 2 rings (SSSR count). The predicted octanol–water partition coefficient (Wildman–Crippen LogP) is 0.0385. The number of carbonyl (C=O) groups excluding carboxylic acids is 1. The smallest absolute Gasteiger partial charge is 0.239 e. The van der Waals surface area contributed by atoms with Gasteiger partial charge in [0.2, 0.25) is 5.91 Å². The number of carbonyl (C=O) groups is 1. The van der Waals surface area contributed by atoms with Crippen molar-refractivity contribution in [1.82, 2.24) is 10.2 Å². The van der Waals surface area contributed by atoms with E-state index in [-0.39, 0.29) is 11.9 Å². The van der Waals surface area contributed by atoms with E-state index in [1.165, 1.54) is 0 Å². The summed E-state index contributed by atoms with van der Waals surface area (Å²) in [5.74, 6) is -0.110. The van der Waals surface area contributed by atoms with Crippen LogP contribution in [-0.2, 0) is 9.53 Å². The molecule has 0 bridgehead atoms. The molecule has 1 aromatic rings. The van der Waals surface area contributed by atoms with Crippen LogP contribution in [0.4, 0.5) is 0 Å². The number of amides is 1. The second kappa shape index (κ2) is 7.18. The molecule has 1 heterocycles. The first kappa shape index (κ1) is 15.4. The summed E-state index contributed by atoms with van der Waals surface area (Å²) in [4.78, 5) is 13.8. The summed E-state index contributed by atoms with van der Waals surface area (Å²) >= 11 is 0. The largest absolute Gasteiger partial charge is 0.387 e. The third-order valence-electron chi connectivity index (χ3n) is 3.62. The lowest BCUT2D eigenvalue weighted by molar-refractivity contribution is -0.133. The van der Waals surface area contributed by atoms with Gasteiger partial charge in [0.1, 0.15) is 6.04 Å². The van der Waals surface area contributed by atoms with Crippen LogP contribution in [0.3, 0.4) is 0 Å². The van der Waals surface area contributed by atoms with Gasteiger partial charge in [-0.2, -0.15) is 5.26 Å². The van der Waals surface area contributed by atoms with E-state index < -0.39 is 6.10 Å². The third-order valence-corrected chi connectivity index (χ3v) is 3.62. The van der Waals surface area contributed by atoms with Crippen molar-refractivity contribution in [3.8, 4) is 6.07 Å². The van der Waals surface area contributed by atoms with Crippen LogP contribution in [0, 0.1) is 11.3 Å². The Labute approximate surface area is 123 Å². The fourth-order valence-electron chi connectivity index (χ4n) is 2.37. The topological polar surface area (TPSA) is 85.6 Å². The van der Waals surface area contributed by atoms with Crippen LogP contribution in [0.2, 0.25) is 0 Å². The molecule has 0 aliphatic carbocycles. The highest BCUT2D eigenvalue weighted by Crippen LogP contribution is 2.18. The highest BCUT2D eigenvalue weighted by Gasteiger charge is 2.30. The Morgan fingerprint density at radius 1 is 1.57 bits per heavy atom. The van der Waals surface area contributed by atoms with E-state index in [4.69, 9.17) is 10.00 Å². The van der Waals surface area contributed by atoms with E-state index in [2.05, 4.69) is 5.32 Å². The summed E-state index contributed by atoms with van der Waals surface area (Å²) in [5, 5.41) is 21.7. The summed E-state index contributed by atoms with van der Waals surface area (Å²) in [6, 6.07) is 8.48. The number of ether oxygens (including phenoxy) is 1. The van der Waals surface area contributed by atoms with Crippen molar-refractivity contribution in [3.63, 3.8) is 0 Å². The highest BCUT2D eigenvalue weighted by molar-refractivity contribution is 5.81. The second-order valence-electron chi connectivity index (χ2n) is 4.95. The van der Waals surface area contributed by atoms with Gasteiger partial charge in [-0.25, -0.2) is 0 Å². The third kappa shape index (κ3) is 3.79. The zero-order chi connectivity index (χ0) is 15.2. The van der Waals surface area contributed by atoms with Crippen LogP contribution in [0.15, 0.2) is 24.3 Å². The molecule has 21 heavy (non-hydrogen) atoms. The van der Waals surface area contributed by atoms with Gasteiger partial charge in [-0.3, -0.25) is 9.69 Å². The number of morpholine rings is 1. The van der Waals surface area contributed by atoms with Gasteiger partial charge in [-0.15, -0.1) is 0 Å². The Balaban J connectivity index is 2.03. The first-order valence-electron chi connectivity index (χ1n) is 6.87. The van der Waals surface area contributed by atoms with Gasteiger partial charge in [-0.1, -0.05) is 12.1 Å². The first-order chi connectivity index (χ1) is 10.2. The minimum atomic E-state index is -0.706. The molecule has 112 valence electrons. The van der Waals surface area contributed by atoms with E-state index >= 15 is 0 Å². The van der Waals surface area contributed by atoms with Crippen LogP contribution < -0.4 is 5.32 Å². The van der Waals surface area contributed by atoms with Crippen LogP contribution in [0.25, 0.3) is 0 Å². The van der Waals surface area contributed by atoms with Gasteiger partial charge >= 0.3 is 0 Å². The summed E-state index contributed by atoms with van der Waals surface area (Å²) < 4.78 is 5.33. The standard InChI is InChI=1S/C15H19N3O3/c1-17-15(20)13-10-21-7-6-18(13)9-14(19)12-4-2-11(8-16)3-5-12/h2-5,13-14,19H,6-7,9-10H2,1H3,(H,17,20). The molecule has 1 aliphatic rings. The Morgan fingerprint density at radius 2 is 2.29 bits per heavy atom. The van der Waals surface area contributed by atoms with Crippen molar-refractivity contribution in [2.75, 3.05) is 33.4 Å². The van der Waals surface area contributed by atoms with E-state index in [0.717, 1.165) is 5.56 Å². The van der Waals surface area contributed by atoms with Crippen LogP contribution in [0.5, 0.6) is 0 Å². The predicted molar refractivity (Wildman–Crippen MR) is 76.4 cm³/mol. The number of rotatable bonds is 4. The number of aliphatic hydroxyl groups is 1. The van der Waals surface area contributed by atoms with Crippen molar-refractivity contribution in [2.45, 2.75) is 12.1 Å². The molecule has 0 saturated carbocycles. The van der Waals surface area contributed by atoms with Gasteiger partial charge in [0.15, 0.2) is 0 Å². The molecule has 1 aromatic carbocycles. The number of β-amino-alcohol motifs (C(OH)–C–C–N with tert-alkyl or cyclic N) is 1. The van der Waals surface area contributed by atoms with Crippen molar-refractivity contribution < 1.29 is 14.6 Å². The molecule has 2 N–H and O–H groups in total. The highest BCUT2D eigenvalue weighted by atomic mass is 16.5. The number of aliphatic hydroxyl groups excluding tert-OH is 1. The molecule has 0 radical (unpaired) electrons. The Kier molecular flexibility index (Phi) is 5.28. The normalized spacial score (nSPS) is 20.5. The number of hydrogen-bond acceptors (Lipinski definition) is 5. The molecule has 1 amide bonds. The lowest BCUT2D eigenvalue weighted by Gasteiger charge is -2.35. The second-order valence-corrected chi connectivity index (χ2v) is 4.95. The lowest BCUT2D eigenvalue weighted by Crippen LogP contribution is -2.54. The number of nitriles is 1. The average Bonchev–Trinajstić information content (AvgIpc) is 2.54. The molecule has 1 saturated heterocycles. The maximum absolute atomic E-state index is 11.8. The van der Waals surface area contributed by atoms with Crippen molar-refractivity contribution in [3.05, 3.63) is 35.4 Å². The van der Waals surface area contributed by atoms with Gasteiger partial charge in [-0.05, 0) is 17.7 Å². The molecule has 6 nitrogen and oxygen atoms in total. The number of nitrogens with one attached hydrogen (secondary N) is 1. The molecule has 2 atom stereocenters. The molecule has 0 spiro atoms. The van der Waals surface area contributed by atoms with Crippen LogP contribution in [-0.4, -0.2) is 55.3 Å². The molecule has 6 heteroatoms. The maximum atomic E-state index is 11.8. The minimum absolute atomic E-state index is 0.110. The van der Waals surface area contributed by atoms with Crippen molar-refractivity contribution in [2.24, 2.45) is 0 Å². The summed E-state index contributed by atoms with van der Waals surface area (Å²) in [6.45, 7) is 1.84. The number of hydrogen-bond donors (Lipinski definition) is 2. The van der Waals surface area contributed by atoms with Crippen LogP contribution >= 0.6 is 0 Å². The van der Waals surface area contributed by atoms with Crippen molar-refractivity contribution in [1.29, 1.82) is 5.26 Å². The first-order valence-corrected chi connectivity index (χ1v) is 6.87. The Bertz CT molecular complexity index is 524. The van der Waals surface area contributed by atoms with Gasteiger partial charge in [0.25, 0.3) is 0 Å². The number of nitrogens with zero attached hydrogens (tertiary/aromatic N) is 2. The summed E-state index contributed by atoms with van der Waals surface area (Å²) in [6.07, 6.45) is -0.706. The van der Waals surface area contributed by atoms with Gasteiger partial charge < -0.3 is 15.2 Å². The lowest BCUT2D eigenvalue weighted by atomic mass is 10.1. The molecule has 1 fully saturated rings. The number of likely N-dealkylation sites (N-methyl/N-ethyl adjacent to an activating group) is 1. The summed E-state index contributed by atoms with van der Waals surface area (Å²) in [7, 11) is 1.59. The fraction of sp³-hybridized carbons (Fsp3) is 0.467. The SMILES string of the molecule is CNC(=O)C1COCCN1CC(O)c1ccc(C#N)cc1. The van der Waals surface area contributed by atoms with E-state index in [1.807, 2.05) is 11.0 Å². The van der Waals surface area contributed by atoms with Gasteiger partial charge in [0.05, 0.1) is 31.0 Å². The minimum Gasteiger partial charge on any atom is -0.387 e. The maximum Gasteiger partial charge on any atom is 0.239 e. The van der Waals surface area contributed by atoms with Gasteiger partial charge in [0, 0.05) is 20.1 Å². The molecule has 0 aromatic heterocycles. The van der Waals surface area contributed by atoms with E-state index in [1.54, 1.807) is 31.3 Å². The molecular weight excluding hydrogens is 270 g/mol. The monoisotopic (exact) mass is 289 g/mol. The molecule has 2 unspecified atom stereocenters. The fourth-order valence-corrected chi connectivity index (χ4v) is 2.37. The summed E-state index contributed by atoms with van der Waals surface area (Å²) in [5.41, 5.74) is 1.29. The molecular formula is C15H19N3O3. The van der Waals surface area contributed by atoms with E-state index in [0.29, 0.717) is 31.9 Å². The number of benzene rings is 1. The van der Waals surface area contributed by atoms with E-state index in [9.17, 15) is 9.90 Å². The van der Waals surface area contributed by atoms with Crippen LogP contribution in [0.1, 0.15) is 17.2 Å². The van der Waals surface area contributed by atoms with Crippen molar-refractivity contribution >= 4 is 5.91 Å². The Hall–Kier alpha value is -1.94. The zero-order valence-corrected chi connectivity index (χ0v) is 12.0. The Morgan fingerprint density at radius 3 is 2.90 bits per heavy atom. The molecule has 1 aliphatic heterocycles.